The molecule has 2 N–H and O–H groups in total. The van der Waals surface area contributed by atoms with Crippen molar-refractivity contribution < 1.29 is 28.6 Å². The van der Waals surface area contributed by atoms with Gasteiger partial charge in [-0.1, -0.05) is 44.2 Å². The molecule has 0 aromatic rings. The van der Waals surface area contributed by atoms with Crippen LogP contribution in [0, 0.1) is 23.2 Å². The Morgan fingerprint density at radius 3 is 2.38 bits per heavy atom. The Morgan fingerprint density at radius 2 is 1.76 bits per heavy atom. The number of hydrogen-bond acceptors (Lipinski definition) is 6. The standard InChI is InChI=1S/C30H47O6P/c1-19(2)35-37(34,36-20(3)4)29(33)15-10-21(5)26-13-14-27-23(9-8-16-30(26,27)7)11-12-24-17-25(31)18-28(32)22(24)6/h10-12,15,19-21,25-28,31-32H,6,8-9,13-14,16-18H2,1-5,7H3/b15-10+,23-11+,24-12-/t21-,25-,26-,27?,28+,30-/m1/s1. The molecule has 0 heterocycles. The van der Waals surface area contributed by atoms with Gasteiger partial charge in [0.1, 0.15) is 0 Å². The Balaban J connectivity index is 1.76. The summed E-state index contributed by atoms with van der Waals surface area (Å²) in [7, 11) is -3.89. The van der Waals surface area contributed by atoms with E-state index in [1.807, 2.05) is 6.08 Å². The molecule has 0 saturated heterocycles. The molecule has 7 heteroatoms. The fourth-order valence-electron chi connectivity index (χ4n) is 6.75. The number of carbonyl (C=O) groups excluding carboxylic acids is 1. The van der Waals surface area contributed by atoms with E-state index < -0.39 is 25.3 Å². The minimum absolute atomic E-state index is 0.116. The Kier molecular flexibility index (Phi) is 10.0. The lowest BCUT2D eigenvalue weighted by atomic mass is 9.61. The van der Waals surface area contributed by atoms with Crippen LogP contribution in [0.15, 0.2) is 47.6 Å². The van der Waals surface area contributed by atoms with E-state index in [1.165, 1.54) is 11.6 Å². The van der Waals surface area contributed by atoms with Crippen molar-refractivity contribution in [1.29, 1.82) is 0 Å². The van der Waals surface area contributed by atoms with Crippen molar-refractivity contribution in [1.82, 2.24) is 0 Å². The van der Waals surface area contributed by atoms with Crippen molar-refractivity contribution in [3.05, 3.63) is 47.6 Å². The van der Waals surface area contributed by atoms with Crippen LogP contribution in [0.1, 0.15) is 86.5 Å². The molecule has 3 aliphatic carbocycles. The molecule has 6 nitrogen and oxygen atoms in total. The minimum Gasteiger partial charge on any atom is -0.393 e. The molecule has 3 aliphatic rings. The Morgan fingerprint density at radius 1 is 1.11 bits per heavy atom. The second-order valence-electron chi connectivity index (χ2n) is 12.0. The predicted octanol–water partition coefficient (Wildman–Crippen LogP) is 6.89. The summed E-state index contributed by atoms with van der Waals surface area (Å²) >= 11 is 0. The zero-order valence-corrected chi connectivity index (χ0v) is 24.4. The molecule has 3 saturated carbocycles. The van der Waals surface area contributed by atoms with Gasteiger partial charge in [0.25, 0.3) is 5.52 Å². The van der Waals surface area contributed by atoms with Crippen LogP contribution >= 0.6 is 7.60 Å². The number of carbonyl (C=O) groups is 1. The van der Waals surface area contributed by atoms with Crippen LogP contribution in [0.25, 0.3) is 0 Å². The van der Waals surface area contributed by atoms with Crippen molar-refractivity contribution >= 4 is 13.1 Å². The monoisotopic (exact) mass is 534 g/mol. The topological polar surface area (TPSA) is 93.1 Å². The summed E-state index contributed by atoms with van der Waals surface area (Å²) < 4.78 is 24.1. The second kappa shape index (κ2) is 12.3. The first-order valence-corrected chi connectivity index (χ1v) is 15.5. The third-order valence-electron chi connectivity index (χ3n) is 8.45. The third kappa shape index (κ3) is 7.02. The average molecular weight is 535 g/mol. The molecule has 3 rings (SSSR count). The summed E-state index contributed by atoms with van der Waals surface area (Å²) in [4.78, 5) is 12.9. The predicted molar refractivity (Wildman–Crippen MR) is 148 cm³/mol. The maximum atomic E-state index is 13.2. The van der Waals surface area contributed by atoms with Crippen molar-refractivity contribution in [3.8, 4) is 0 Å². The van der Waals surface area contributed by atoms with E-state index in [1.54, 1.807) is 27.7 Å². The lowest BCUT2D eigenvalue weighted by Crippen LogP contribution is -2.35. The molecular weight excluding hydrogens is 487 g/mol. The first-order chi connectivity index (χ1) is 17.3. The minimum atomic E-state index is -3.89. The van der Waals surface area contributed by atoms with Gasteiger partial charge < -0.3 is 19.3 Å². The summed E-state index contributed by atoms with van der Waals surface area (Å²) in [6, 6.07) is 0. The van der Waals surface area contributed by atoms with E-state index >= 15 is 0 Å². The molecule has 208 valence electrons. The Hall–Kier alpha value is -1.30. The Bertz CT molecular complexity index is 978. The van der Waals surface area contributed by atoms with Crippen molar-refractivity contribution in [2.45, 2.75) is 111 Å². The molecule has 0 aromatic heterocycles. The smallest absolute Gasteiger partial charge is 0.393 e. The molecular formula is C30H47O6P. The lowest BCUT2D eigenvalue weighted by molar-refractivity contribution is -0.110. The molecule has 0 amide bonds. The fourth-order valence-corrected chi connectivity index (χ4v) is 8.39. The van der Waals surface area contributed by atoms with Crippen molar-refractivity contribution in [3.63, 3.8) is 0 Å². The molecule has 0 spiro atoms. The quantitative estimate of drug-likeness (QED) is 0.247. The zero-order chi connectivity index (χ0) is 27.5. The summed E-state index contributed by atoms with van der Waals surface area (Å²) in [6.07, 6.45) is 12.0. The molecule has 0 bridgehead atoms. The molecule has 6 atom stereocenters. The number of allylic oxidation sites excluding steroid dienone is 5. The largest absolute Gasteiger partial charge is 0.401 e. The highest BCUT2D eigenvalue weighted by Gasteiger charge is 2.50. The van der Waals surface area contributed by atoms with Gasteiger partial charge in [-0.15, -0.1) is 0 Å². The van der Waals surface area contributed by atoms with Gasteiger partial charge in [0.15, 0.2) is 0 Å². The average Bonchev–Trinajstić information content (AvgIpc) is 3.15. The van der Waals surface area contributed by atoms with Gasteiger partial charge in [0.05, 0.1) is 24.4 Å². The van der Waals surface area contributed by atoms with E-state index in [-0.39, 0.29) is 23.5 Å². The number of rotatable bonds is 9. The van der Waals surface area contributed by atoms with Crippen LogP contribution < -0.4 is 0 Å². The van der Waals surface area contributed by atoms with Gasteiger partial charge in [0.2, 0.25) is 0 Å². The van der Waals surface area contributed by atoms with Crippen LogP contribution in [-0.4, -0.2) is 40.2 Å². The molecule has 37 heavy (non-hydrogen) atoms. The van der Waals surface area contributed by atoms with E-state index in [0.717, 1.165) is 37.7 Å². The van der Waals surface area contributed by atoms with Crippen LogP contribution in [0.5, 0.6) is 0 Å². The van der Waals surface area contributed by atoms with Gasteiger partial charge in [-0.2, -0.15) is 0 Å². The molecule has 1 unspecified atom stereocenters. The summed E-state index contributed by atoms with van der Waals surface area (Å²) in [6.45, 7) is 15.5. The molecule has 0 aliphatic heterocycles. The zero-order valence-electron chi connectivity index (χ0n) is 23.5. The second-order valence-corrected chi connectivity index (χ2v) is 13.9. The van der Waals surface area contributed by atoms with Crippen LogP contribution in [0.4, 0.5) is 0 Å². The highest BCUT2D eigenvalue weighted by molar-refractivity contribution is 7.72. The van der Waals surface area contributed by atoms with Gasteiger partial charge in [-0.25, -0.2) is 0 Å². The summed E-state index contributed by atoms with van der Waals surface area (Å²) in [5.74, 6) is 1.01. The highest BCUT2D eigenvalue weighted by atomic mass is 31.2. The Labute approximate surface area is 223 Å². The third-order valence-corrected chi connectivity index (χ3v) is 10.5. The number of hydrogen-bond donors (Lipinski definition) is 2. The van der Waals surface area contributed by atoms with Gasteiger partial charge >= 0.3 is 7.60 Å². The van der Waals surface area contributed by atoms with Gasteiger partial charge in [0, 0.05) is 6.42 Å². The first kappa shape index (κ1) is 30.2. The summed E-state index contributed by atoms with van der Waals surface area (Å²) in [5.41, 5.74) is 2.61. The lowest BCUT2D eigenvalue weighted by Gasteiger charge is -2.44. The number of aliphatic hydroxyl groups is 2. The van der Waals surface area contributed by atoms with Crippen molar-refractivity contribution in [2.75, 3.05) is 0 Å². The van der Waals surface area contributed by atoms with E-state index in [4.69, 9.17) is 9.05 Å². The maximum absolute atomic E-state index is 13.2. The number of aliphatic hydroxyl groups excluding tert-OH is 2. The maximum Gasteiger partial charge on any atom is 0.401 e. The first-order valence-electron chi connectivity index (χ1n) is 13.9. The van der Waals surface area contributed by atoms with Crippen LogP contribution in [0.3, 0.4) is 0 Å². The van der Waals surface area contributed by atoms with Crippen LogP contribution in [0.2, 0.25) is 0 Å². The summed E-state index contributed by atoms with van der Waals surface area (Å²) in [5, 5.41) is 20.3. The van der Waals surface area contributed by atoms with Crippen molar-refractivity contribution in [2.24, 2.45) is 23.2 Å². The SMILES string of the molecule is C=C1/C(=C\C=C2/CCC[C@@]3(C)C2CC[C@@H]3[C@H](C)/C=C/C(=O)P(=O)(OC(C)C)OC(C)C)C[C@@H](O)C[C@@H]1O. The van der Waals surface area contributed by atoms with Gasteiger partial charge in [-0.3, -0.25) is 9.36 Å². The van der Waals surface area contributed by atoms with E-state index in [9.17, 15) is 19.6 Å². The van der Waals surface area contributed by atoms with Crippen LogP contribution in [-0.2, 0) is 18.4 Å². The van der Waals surface area contributed by atoms with E-state index in [2.05, 4.69) is 32.6 Å². The molecule has 0 aromatic carbocycles. The highest BCUT2D eigenvalue weighted by Crippen LogP contribution is 2.60. The van der Waals surface area contributed by atoms with E-state index in [0.29, 0.717) is 30.3 Å². The number of fused-ring (bicyclic) bond motifs is 1. The van der Waals surface area contributed by atoms with Gasteiger partial charge in [-0.05, 0) is 107 Å². The fraction of sp³-hybridized carbons (Fsp3) is 0.700. The molecule has 0 radical (unpaired) electrons. The molecule has 3 fully saturated rings. The normalized spacial score (nSPS) is 34.2.